The Morgan fingerprint density at radius 2 is 2.43 bits per heavy atom. The summed E-state index contributed by atoms with van der Waals surface area (Å²) in [6, 6.07) is 0. The standard InChI is InChI=1S/C6H10S/c1-3-6(2)4-5-7/h4,6H,3H2,1-2H3. The van der Waals surface area contributed by atoms with Gasteiger partial charge in [0.05, 0.1) is 0 Å². The SMILES string of the molecule is CCC(C)C=C=S. The molecule has 0 saturated heterocycles. The average Bonchev–Trinajstić information content (AvgIpc) is 1.68. The molecule has 0 bridgehead atoms. The molecule has 0 spiro atoms. The van der Waals surface area contributed by atoms with Crippen LogP contribution in [0, 0.1) is 5.92 Å². The molecule has 40 valence electrons. The van der Waals surface area contributed by atoms with Crippen molar-refractivity contribution in [2.45, 2.75) is 20.3 Å². The molecule has 0 radical (unpaired) electrons. The zero-order chi connectivity index (χ0) is 5.70. The Bertz CT molecular complexity index is 80.2. The van der Waals surface area contributed by atoms with E-state index in [9.17, 15) is 0 Å². The minimum atomic E-state index is 0.609. The Morgan fingerprint density at radius 1 is 1.86 bits per heavy atom. The van der Waals surface area contributed by atoms with E-state index >= 15 is 0 Å². The van der Waals surface area contributed by atoms with Gasteiger partial charge in [-0.15, -0.1) is 0 Å². The fourth-order valence-corrected chi connectivity index (χ4v) is 0.466. The van der Waals surface area contributed by atoms with Crippen LogP contribution in [0.3, 0.4) is 0 Å². The lowest BCUT2D eigenvalue weighted by atomic mass is 10.1. The molecular weight excluding hydrogens is 104 g/mol. The highest BCUT2D eigenvalue weighted by Gasteiger charge is 1.86. The lowest BCUT2D eigenvalue weighted by Gasteiger charge is -1.93. The van der Waals surface area contributed by atoms with Crippen LogP contribution in [0.15, 0.2) is 6.08 Å². The van der Waals surface area contributed by atoms with Gasteiger partial charge < -0.3 is 0 Å². The summed E-state index contributed by atoms with van der Waals surface area (Å²) in [6.07, 6.45) is 3.07. The second kappa shape index (κ2) is 4.04. The molecule has 0 aliphatic heterocycles. The summed E-state index contributed by atoms with van der Waals surface area (Å²) in [6.45, 7) is 4.26. The normalized spacial score (nSPS) is 12.3. The second-order valence-corrected chi connectivity index (χ2v) is 1.91. The van der Waals surface area contributed by atoms with Crippen LogP contribution in [0.4, 0.5) is 0 Å². The van der Waals surface area contributed by atoms with Crippen molar-refractivity contribution >= 4 is 17.2 Å². The molecule has 0 saturated carbocycles. The van der Waals surface area contributed by atoms with Crippen molar-refractivity contribution in [3.05, 3.63) is 6.08 Å². The largest absolute Gasteiger partial charge is 0.0648 e. The zero-order valence-electron chi connectivity index (χ0n) is 4.77. The van der Waals surface area contributed by atoms with E-state index in [1.807, 2.05) is 6.08 Å². The first-order valence-corrected chi connectivity index (χ1v) is 2.93. The van der Waals surface area contributed by atoms with Crippen LogP contribution in [0.5, 0.6) is 0 Å². The summed E-state index contributed by atoms with van der Waals surface area (Å²) in [7, 11) is 0. The number of rotatable bonds is 2. The minimum absolute atomic E-state index is 0.609. The molecule has 1 heteroatoms. The van der Waals surface area contributed by atoms with Crippen molar-refractivity contribution in [1.29, 1.82) is 0 Å². The van der Waals surface area contributed by atoms with Crippen molar-refractivity contribution in [3.63, 3.8) is 0 Å². The topological polar surface area (TPSA) is 0 Å². The number of allylic oxidation sites excluding steroid dienone is 1. The maximum Gasteiger partial charge on any atom is -0.0180 e. The highest BCUT2D eigenvalue weighted by Crippen LogP contribution is 1.97. The third-order valence-electron chi connectivity index (χ3n) is 0.997. The fourth-order valence-electron chi connectivity index (χ4n) is 0.234. The molecule has 0 heterocycles. The quantitative estimate of drug-likeness (QED) is 0.496. The van der Waals surface area contributed by atoms with Crippen molar-refractivity contribution in [2.24, 2.45) is 5.92 Å². The van der Waals surface area contributed by atoms with Gasteiger partial charge in [0.15, 0.2) is 0 Å². The van der Waals surface area contributed by atoms with E-state index in [4.69, 9.17) is 0 Å². The van der Waals surface area contributed by atoms with Crippen molar-refractivity contribution in [3.8, 4) is 0 Å². The lowest BCUT2D eigenvalue weighted by Crippen LogP contribution is -1.82. The van der Waals surface area contributed by atoms with E-state index in [1.165, 1.54) is 0 Å². The van der Waals surface area contributed by atoms with E-state index in [-0.39, 0.29) is 0 Å². The van der Waals surface area contributed by atoms with Crippen LogP contribution in [-0.2, 0) is 0 Å². The molecule has 0 rings (SSSR count). The van der Waals surface area contributed by atoms with Crippen LogP contribution in [0.1, 0.15) is 20.3 Å². The summed E-state index contributed by atoms with van der Waals surface area (Å²) in [4.78, 5) is 0. The van der Waals surface area contributed by atoms with Crippen molar-refractivity contribution in [1.82, 2.24) is 0 Å². The number of hydrogen-bond donors (Lipinski definition) is 0. The molecule has 0 aliphatic rings. The van der Waals surface area contributed by atoms with E-state index < -0.39 is 0 Å². The highest BCUT2D eigenvalue weighted by atomic mass is 32.1. The third kappa shape index (κ3) is 3.71. The average molecular weight is 114 g/mol. The Labute approximate surface area is 50.2 Å². The summed E-state index contributed by atoms with van der Waals surface area (Å²) in [5.74, 6) is 0.609. The first-order chi connectivity index (χ1) is 3.31. The second-order valence-electron chi connectivity index (χ2n) is 1.67. The smallest absolute Gasteiger partial charge is 0.0180 e. The summed E-state index contributed by atoms with van der Waals surface area (Å²) < 4.78 is 0. The van der Waals surface area contributed by atoms with Gasteiger partial charge in [-0.2, -0.15) is 0 Å². The van der Waals surface area contributed by atoms with E-state index in [0.717, 1.165) is 6.42 Å². The Hall–Kier alpha value is -0.130. The number of thiocarbonyl (C=S) groups is 1. The van der Waals surface area contributed by atoms with Crippen LogP contribution >= 0.6 is 12.2 Å². The first kappa shape index (κ1) is 6.87. The van der Waals surface area contributed by atoms with Crippen LogP contribution < -0.4 is 0 Å². The molecule has 0 fully saturated rings. The summed E-state index contributed by atoms with van der Waals surface area (Å²) in [5.41, 5.74) is 0. The Morgan fingerprint density at radius 3 is 2.57 bits per heavy atom. The fraction of sp³-hybridized carbons (Fsp3) is 0.667. The zero-order valence-corrected chi connectivity index (χ0v) is 5.59. The van der Waals surface area contributed by atoms with Gasteiger partial charge in [0, 0.05) is 0 Å². The summed E-state index contributed by atoms with van der Waals surface area (Å²) >= 11 is 4.49. The molecule has 0 aromatic rings. The predicted octanol–water partition coefficient (Wildman–Crippen LogP) is 2.19. The van der Waals surface area contributed by atoms with E-state index in [2.05, 4.69) is 31.1 Å². The molecule has 7 heavy (non-hydrogen) atoms. The van der Waals surface area contributed by atoms with Gasteiger partial charge in [-0.1, -0.05) is 18.9 Å². The highest BCUT2D eigenvalue weighted by molar-refractivity contribution is 7.78. The summed E-state index contributed by atoms with van der Waals surface area (Å²) in [5, 5.41) is 2.58. The maximum absolute atomic E-state index is 4.49. The van der Waals surface area contributed by atoms with E-state index in [0.29, 0.717) is 5.92 Å². The molecule has 0 aromatic carbocycles. The van der Waals surface area contributed by atoms with Crippen LogP contribution in [-0.4, -0.2) is 5.02 Å². The third-order valence-corrected chi connectivity index (χ3v) is 1.13. The number of hydrogen-bond acceptors (Lipinski definition) is 1. The van der Waals surface area contributed by atoms with Gasteiger partial charge in [-0.05, 0) is 30.6 Å². The van der Waals surface area contributed by atoms with Gasteiger partial charge >= 0.3 is 0 Å². The molecular formula is C6H10S. The van der Waals surface area contributed by atoms with Gasteiger partial charge in [-0.25, -0.2) is 0 Å². The lowest BCUT2D eigenvalue weighted by molar-refractivity contribution is 0.704. The van der Waals surface area contributed by atoms with Crippen LogP contribution in [0.25, 0.3) is 0 Å². The Kier molecular flexibility index (Phi) is 3.97. The van der Waals surface area contributed by atoms with Crippen LogP contribution in [0.2, 0.25) is 0 Å². The molecule has 1 unspecified atom stereocenters. The monoisotopic (exact) mass is 114 g/mol. The molecule has 1 atom stereocenters. The van der Waals surface area contributed by atoms with Gasteiger partial charge in [0.25, 0.3) is 0 Å². The van der Waals surface area contributed by atoms with Crippen molar-refractivity contribution in [2.75, 3.05) is 0 Å². The maximum atomic E-state index is 4.49. The van der Waals surface area contributed by atoms with Gasteiger partial charge in [0.2, 0.25) is 0 Å². The van der Waals surface area contributed by atoms with Crippen molar-refractivity contribution < 1.29 is 0 Å². The van der Waals surface area contributed by atoms with Gasteiger partial charge in [-0.3, -0.25) is 0 Å². The van der Waals surface area contributed by atoms with E-state index in [1.54, 1.807) is 0 Å². The Balaban J connectivity index is 3.35. The minimum Gasteiger partial charge on any atom is -0.0648 e. The molecule has 0 nitrogen and oxygen atoms in total. The molecule has 0 aliphatic carbocycles. The molecule has 0 N–H and O–H groups in total. The molecule has 0 aromatic heterocycles. The first-order valence-electron chi connectivity index (χ1n) is 2.52. The molecule has 0 amide bonds. The predicted molar refractivity (Wildman–Crippen MR) is 36.6 cm³/mol. The van der Waals surface area contributed by atoms with Gasteiger partial charge in [0.1, 0.15) is 0 Å².